The van der Waals surface area contributed by atoms with Crippen molar-refractivity contribution in [2.45, 2.75) is 57.0 Å². The average molecular weight is 354 g/mol. The number of aliphatic imine (C=N–C) groups is 1. The second-order valence-electron chi connectivity index (χ2n) is 8.06. The summed E-state index contributed by atoms with van der Waals surface area (Å²) in [6.07, 6.45) is 9.37. The summed E-state index contributed by atoms with van der Waals surface area (Å²) < 4.78 is 0. The third-order valence-electron chi connectivity index (χ3n) is 5.95. The molecule has 1 aromatic rings. The van der Waals surface area contributed by atoms with Gasteiger partial charge in [-0.2, -0.15) is 0 Å². The molecule has 3 fully saturated rings. The van der Waals surface area contributed by atoms with Crippen LogP contribution in [0.3, 0.4) is 0 Å². The number of amides is 2. The van der Waals surface area contributed by atoms with Crippen molar-refractivity contribution in [3.8, 4) is 0 Å². The molecule has 2 unspecified atom stereocenters. The Labute approximate surface area is 156 Å². The van der Waals surface area contributed by atoms with Gasteiger partial charge < -0.3 is 16.0 Å². The molecule has 2 aliphatic heterocycles. The molecule has 0 spiro atoms. The van der Waals surface area contributed by atoms with E-state index in [1.165, 1.54) is 18.4 Å². The minimum atomic E-state index is 0. The number of allylic oxidation sites excluding steroid dienone is 1. The first-order valence-electron chi connectivity index (χ1n) is 9.68. The molecule has 2 atom stereocenters. The van der Waals surface area contributed by atoms with E-state index in [1.807, 2.05) is 23.1 Å². The summed E-state index contributed by atoms with van der Waals surface area (Å²) in [5.41, 5.74) is 10.1. The molecule has 5 nitrogen and oxygen atoms in total. The SMILES string of the molecule is CN=C/C=C(\N)c1cc(NC(=O)N2C3CC(C)CC2C3)ccc1C1CC1.[HH]. The summed E-state index contributed by atoms with van der Waals surface area (Å²) in [7, 11) is 1.73. The molecule has 26 heavy (non-hydrogen) atoms. The third kappa shape index (κ3) is 3.22. The Morgan fingerprint density at radius 1 is 1.31 bits per heavy atom. The van der Waals surface area contributed by atoms with Crippen molar-refractivity contribution in [2.75, 3.05) is 12.4 Å². The van der Waals surface area contributed by atoms with E-state index in [-0.39, 0.29) is 7.46 Å². The van der Waals surface area contributed by atoms with Crippen LogP contribution in [0, 0.1) is 5.92 Å². The Morgan fingerprint density at radius 3 is 2.69 bits per heavy atom. The molecule has 4 rings (SSSR count). The number of carbonyl (C=O) groups is 1. The molecule has 2 saturated heterocycles. The quantitative estimate of drug-likeness (QED) is 0.795. The third-order valence-corrected chi connectivity index (χ3v) is 5.95. The Morgan fingerprint density at radius 2 is 2.04 bits per heavy atom. The first kappa shape index (κ1) is 17.1. The number of nitrogens with one attached hydrogen (secondary N) is 1. The number of piperidine rings is 1. The number of anilines is 1. The van der Waals surface area contributed by atoms with Crippen LogP contribution in [0.4, 0.5) is 10.5 Å². The highest BCUT2D eigenvalue weighted by Gasteiger charge is 2.46. The van der Waals surface area contributed by atoms with Crippen molar-refractivity contribution in [3.05, 3.63) is 35.4 Å². The monoisotopic (exact) mass is 354 g/mol. The van der Waals surface area contributed by atoms with Crippen LogP contribution in [0.1, 0.15) is 57.5 Å². The fourth-order valence-corrected chi connectivity index (χ4v) is 4.54. The van der Waals surface area contributed by atoms with Crippen molar-refractivity contribution >= 4 is 23.6 Å². The summed E-state index contributed by atoms with van der Waals surface area (Å²) >= 11 is 0. The smallest absolute Gasteiger partial charge is 0.322 e. The lowest BCUT2D eigenvalue weighted by atomic mass is 9.74. The Kier molecular flexibility index (Phi) is 4.47. The largest absolute Gasteiger partial charge is 0.398 e. The number of rotatable bonds is 4. The molecule has 3 N–H and O–H groups in total. The molecule has 1 aliphatic carbocycles. The van der Waals surface area contributed by atoms with E-state index in [0.29, 0.717) is 23.7 Å². The first-order valence-corrected chi connectivity index (χ1v) is 9.68. The van der Waals surface area contributed by atoms with Crippen LogP contribution in [-0.4, -0.2) is 36.3 Å². The van der Waals surface area contributed by atoms with Gasteiger partial charge in [-0.15, -0.1) is 0 Å². The highest BCUT2D eigenvalue weighted by atomic mass is 16.2. The van der Waals surface area contributed by atoms with Crippen LogP contribution in [0.2, 0.25) is 0 Å². The number of nitrogens with two attached hydrogens (primary N) is 1. The van der Waals surface area contributed by atoms with Gasteiger partial charge in [-0.1, -0.05) is 13.0 Å². The fraction of sp³-hybridized carbons (Fsp3) is 0.524. The number of fused-ring (bicyclic) bond motifs is 2. The molecule has 0 aromatic heterocycles. The summed E-state index contributed by atoms with van der Waals surface area (Å²) in [5.74, 6) is 1.33. The molecular weight excluding hydrogens is 324 g/mol. The maximum absolute atomic E-state index is 12.7. The number of urea groups is 1. The van der Waals surface area contributed by atoms with Crippen LogP contribution in [0.5, 0.6) is 0 Å². The summed E-state index contributed by atoms with van der Waals surface area (Å²) in [6, 6.07) is 7.00. The second kappa shape index (κ2) is 6.78. The van der Waals surface area contributed by atoms with E-state index < -0.39 is 0 Å². The second-order valence-corrected chi connectivity index (χ2v) is 8.06. The molecule has 140 valence electrons. The number of hydrogen-bond acceptors (Lipinski definition) is 3. The maximum atomic E-state index is 12.7. The van der Waals surface area contributed by atoms with Gasteiger partial charge in [0.15, 0.2) is 0 Å². The molecule has 0 radical (unpaired) electrons. The van der Waals surface area contributed by atoms with Crippen molar-refractivity contribution in [2.24, 2.45) is 16.6 Å². The summed E-state index contributed by atoms with van der Waals surface area (Å²) in [5, 5.41) is 3.10. The zero-order valence-corrected chi connectivity index (χ0v) is 15.6. The highest BCUT2D eigenvalue weighted by molar-refractivity contribution is 5.92. The van der Waals surface area contributed by atoms with E-state index >= 15 is 0 Å². The van der Waals surface area contributed by atoms with Crippen molar-refractivity contribution in [1.82, 2.24) is 4.90 Å². The zero-order valence-electron chi connectivity index (χ0n) is 15.6. The lowest BCUT2D eigenvalue weighted by Gasteiger charge is -2.54. The lowest BCUT2D eigenvalue weighted by molar-refractivity contribution is -0.00600. The van der Waals surface area contributed by atoms with Gasteiger partial charge in [-0.25, -0.2) is 4.79 Å². The van der Waals surface area contributed by atoms with Gasteiger partial charge in [0.1, 0.15) is 0 Å². The predicted octanol–water partition coefficient (Wildman–Crippen LogP) is 4.21. The summed E-state index contributed by atoms with van der Waals surface area (Å²) in [4.78, 5) is 18.8. The molecule has 2 amide bonds. The zero-order chi connectivity index (χ0) is 18.3. The molecular formula is C21H30N4O. The Balaban J connectivity index is 0.00000210. The van der Waals surface area contributed by atoms with Crippen molar-refractivity contribution < 1.29 is 6.22 Å². The van der Waals surface area contributed by atoms with E-state index in [9.17, 15) is 4.79 Å². The topological polar surface area (TPSA) is 70.7 Å². The van der Waals surface area contributed by atoms with E-state index in [1.54, 1.807) is 13.3 Å². The summed E-state index contributed by atoms with van der Waals surface area (Å²) in [6.45, 7) is 2.28. The van der Waals surface area contributed by atoms with Gasteiger partial charge in [0.05, 0.1) is 0 Å². The molecule has 2 bridgehead atoms. The molecule has 3 aliphatic rings. The molecule has 1 saturated carbocycles. The normalized spacial score (nSPS) is 28.2. The van der Waals surface area contributed by atoms with Gasteiger partial charge in [0.25, 0.3) is 0 Å². The van der Waals surface area contributed by atoms with E-state index in [2.05, 4.69) is 23.3 Å². The maximum Gasteiger partial charge on any atom is 0.322 e. The lowest BCUT2D eigenvalue weighted by Crippen LogP contribution is -2.63. The van der Waals surface area contributed by atoms with Gasteiger partial charge in [0.2, 0.25) is 0 Å². The van der Waals surface area contributed by atoms with Gasteiger partial charge in [-0.3, -0.25) is 4.99 Å². The van der Waals surface area contributed by atoms with Gasteiger partial charge >= 0.3 is 6.03 Å². The Hall–Kier alpha value is -2.30. The van der Waals surface area contributed by atoms with Crippen LogP contribution in [0.15, 0.2) is 29.3 Å². The van der Waals surface area contributed by atoms with Gasteiger partial charge in [0, 0.05) is 43.7 Å². The fourth-order valence-electron chi connectivity index (χ4n) is 4.54. The number of nitrogens with zero attached hydrogens (tertiary/aromatic N) is 2. The van der Waals surface area contributed by atoms with Gasteiger partial charge in [-0.05, 0) is 67.7 Å². The number of carbonyl (C=O) groups excluding carboxylic acids is 1. The van der Waals surface area contributed by atoms with E-state index in [4.69, 9.17) is 5.73 Å². The molecule has 5 heteroatoms. The van der Waals surface area contributed by atoms with Crippen LogP contribution < -0.4 is 11.1 Å². The number of hydrogen-bond donors (Lipinski definition) is 2. The van der Waals surface area contributed by atoms with Crippen LogP contribution in [0.25, 0.3) is 5.70 Å². The number of benzene rings is 1. The van der Waals surface area contributed by atoms with Crippen LogP contribution >= 0.6 is 0 Å². The average Bonchev–Trinajstić information content (AvgIpc) is 3.44. The molecule has 2 heterocycles. The highest BCUT2D eigenvalue weighted by Crippen LogP contribution is 2.44. The minimum Gasteiger partial charge on any atom is -0.398 e. The first-order chi connectivity index (χ1) is 12.6. The predicted molar refractivity (Wildman–Crippen MR) is 109 cm³/mol. The van der Waals surface area contributed by atoms with E-state index in [0.717, 1.165) is 36.4 Å². The van der Waals surface area contributed by atoms with Crippen molar-refractivity contribution in [1.29, 1.82) is 0 Å². The molecule has 1 aromatic carbocycles. The van der Waals surface area contributed by atoms with Crippen LogP contribution in [-0.2, 0) is 0 Å². The Bertz CT molecular complexity index is 759. The van der Waals surface area contributed by atoms with Crippen molar-refractivity contribution in [3.63, 3.8) is 0 Å². The minimum absolute atomic E-state index is 0. The standard InChI is InChI=1S/C21H28N4O.H2/c1-13-9-16-12-17(10-13)25(16)21(26)24-15-5-6-18(14-3-4-14)19(11-15)20(22)7-8-23-2;/h5-8,11,13-14,16-17H,3-4,9-10,12,22H2,1-2H3,(H,24,26);1H/b20-7-,23-8?;.